The fourth-order valence-electron chi connectivity index (χ4n) is 3.51. The lowest BCUT2D eigenvalue weighted by atomic mass is 10.1. The number of nitrogens with one attached hydrogen (secondary N) is 1. The molecule has 0 saturated carbocycles. The summed E-state index contributed by atoms with van der Waals surface area (Å²) in [5.41, 5.74) is 2.75. The molecular weight excluding hydrogens is 410 g/mol. The van der Waals surface area contributed by atoms with Crippen molar-refractivity contribution in [2.45, 2.75) is 51.3 Å². The molecule has 160 valence electrons. The Balaban J connectivity index is 1.54. The van der Waals surface area contributed by atoms with E-state index >= 15 is 0 Å². The minimum atomic E-state index is -0.132. The van der Waals surface area contributed by atoms with E-state index in [0.717, 1.165) is 34.4 Å². The number of fused-ring (bicyclic) bond motifs is 1. The highest BCUT2D eigenvalue weighted by Gasteiger charge is 2.19. The van der Waals surface area contributed by atoms with E-state index in [1.807, 2.05) is 61.7 Å². The molecule has 7 nitrogen and oxygen atoms in total. The van der Waals surface area contributed by atoms with Crippen molar-refractivity contribution in [2.24, 2.45) is 0 Å². The second-order valence-corrected chi connectivity index (χ2v) is 8.69. The number of aromatic amines is 1. The molecular formula is C23H25N5O2S. The van der Waals surface area contributed by atoms with Crippen LogP contribution in [0.3, 0.4) is 0 Å². The highest BCUT2D eigenvalue weighted by atomic mass is 32.2. The zero-order chi connectivity index (χ0) is 22.0. The number of aromatic nitrogens is 5. The number of benzene rings is 2. The second kappa shape index (κ2) is 8.93. The summed E-state index contributed by atoms with van der Waals surface area (Å²) in [5, 5.41) is 9.98. The fraction of sp³-hybridized carbons (Fsp3) is 0.304. The number of thioether (sulfide) groups is 1. The van der Waals surface area contributed by atoms with Gasteiger partial charge in [-0.25, -0.2) is 4.98 Å². The minimum Gasteiger partial charge on any atom is -0.485 e. The topological polar surface area (TPSA) is 85.7 Å². The number of nitrogens with zero attached hydrogens (tertiary/aromatic N) is 4. The zero-order valence-corrected chi connectivity index (χ0v) is 18.9. The first-order chi connectivity index (χ1) is 15.0. The van der Waals surface area contributed by atoms with E-state index in [1.165, 1.54) is 11.8 Å². The van der Waals surface area contributed by atoms with E-state index in [4.69, 9.17) is 4.74 Å². The van der Waals surface area contributed by atoms with Crippen LogP contribution in [0.4, 0.5) is 0 Å². The number of hydrogen-bond acceptors (Lipinski definition) is 6. The average Bonchev–Trinajstić information content (AvgIpc) is 3.14. The molecule has 8 heteroatoms. The number of hydrogen-bond donors (Lipinski definition) is 1. The summed E-state index contributed by atoms with van der Waals surface area (Å²) in [6, 6.07) is 13.4. The molecule has 0 bridgehead atoms. The van der Waals surface area contributed by atoms with Crippen LogP contribution in [0.25, 0.3) is 10.9 Å². The molecule has 0 amide bonds. The average molecular weight is 436 g/mol. The molecule has 0 unspecified atom stereocenters. The molecule has 0 spiro atoms. The highest BCUT2D eigenvalue weighted by Crippen LogP contribution is 2.32. The SMILES string of the molecule is CCn1c(COc2c(C)cccc2C)nnc1S[C@@H](C)c1nc2ccccc2c(=O)[nH]1. The lowest BCUT2D eigenvalue weighted by Crippen LogP contribution is -2.13. The summed E-state index contributed by atoms with van der Waals surface area (Å²) in [5.74, 6) is 2.26. The van der Waals surface area contributed by atoms with Crippen LogP contribution < -0.4 is 10.3 Å². The number of H-pyrrole nitrogens is 1. The Hall–Kier alpha value is -3.13. The maximum atomic E-state index is 12.4. The zero-order valence-electron chi connectivity index (χ0n) is 18.0. The van der Waals surface area contributed by atoms with Crippen LogP contribution in [0.15, 0.2) is 52.4 Å². The van der Waals surface area contributed by atoms with Crippen molar-refractivity contribution < 1.29 is 4.74 Å². The summed E-state index contributed by atoms with van der Waals surface area (Å²) >= 11 is 1.52. The monoisotopic (exact) mass is 435 g/mol. The van der Waals surface area contributed by atoms with Crippen LogP contribution in [-0.2, 0) is 13.2 Å². The molecule has 0 aliphatic carbocycles. The predicted molar refractivity (Wildman–Crippen MR) is 123 cm³/mol. The van der Waals surface area contributed by atoms with Gasteiger partial charge in [-0.1, -0.05) is 42.1 Å². The van der Waals surface area contributed by atoms with E-state index in [1.54, 1.807) is 6.07 Å². The van der Waals surface area contributed by atoms with Gasteiger partial charge in [0.25, 0.3) is 5.56 Å². The lowest BCUT2D eigenvalue weighted by Gasteiger charge is -2.14. The van der Waals surface area contributed by atoms with Gasteiger partial charge in [0.15, 0.2) is 11.0 Å². The van der Waals surface area contributed by atoms with E-state index in [9.17, 15) is 4.79 Å². The third-order valence-corrected chi connectivity index (χ3v) is 6.25. The van der Waals surface area contributed by atoms with Crippen molar-refractivity contribution in [1.29, 1.82) is 0 Å². The maximum Gasteiger partial charge on any atom is 0.258 e. The molecule has 0 saturated heterocycles. The molecule has 2 aromatic carbocycles. The van der Waals surface area contributed by atoms with Gasteiger partial charge in [0.05, 0.1) is 16.2 Å². The molecule has 1 atom stereocenters. The van der Waals surface area contributed by atoms with E-state index < -0.39 is 0 Å². The van der Waals surface area contributed by atoms with Gasteiger partial charge in [-0.3, -0.25) is 4.79 Å². The van der Waals surface area contributed by atoms with Gasteiger partial charge in [-0.2, -0.15) is 0 Å². The molecule has 2 heterocycles. The summed E-state index contributed by atoms with van der Waals surface area (Å²) in [6.07, 6.45) is 0. The number of para-hydroxylation sites is 2. The third kappa shape index (κ3) is 4.34. The minimum absolute atomic E-state index is 0.0980. The molecule has 1 N–H and O–H groups in total. The van der Waals surface area contributed by atoms with Crippen molar-refractivity contribution in [1.82, 2.24) is 24.7 Å². The Labute approximate surface area is 184 Å². The van der Waals surface area contributed by atoms with Crippen LogP contribution in [0.1, 0.15) is 41.9 Å². The van der Waals surface area contributed by atoms with Crippen molar-refractivity contribution in [3.63, 3.8) is 0 Å². The Morgan fingerprint density at radius 1 is 1.10 bits per heavy atom. The van der Waals surface area contributed by atoms with Gasteiger partial charge in [0, 0.05) is 6.54 Å². The van der Waals surface area contributed by atoms with Crippen molar-refractivity contribution >= 4 is 22.7 Å². The Morgan fingerprint density at radius 2 is 1.84 bits per heavy atom. The quantitative estimate of drug-likeness (QED) is 0.428. The predicted octanol–water partition coefficient (Wildman–Crippen LogP) is 4.58. The Kier molecular flexibility index (Phi) is 6.08. The van der Waals surface area contributed by atoms with E-state index in [-0.39, 0.29) is 10.8 Å². The summed E-state index contributed by atoms with van der Waals surface area (Å²) in [4.78, 5) is 19.9. The summed E-state index contributed by atoms with van der Waals surface area (Å²) in [6.45, 7) is 9.18. The fourth-order valence-corrected chi connectivity index (χ4v) is 4.49. The number of ether oxygens (including phenoxy) is 1. The molecule has 4 aromatic rings. The van der Waals surface area contributed by atoms with E-state index in [2.05, 4.69) is 27.1 Å². The maximum absolute atomic E-state index is 12.4. The van der Waals surface area contributed by atoms with Crippen LogP contribution in [0, 0.1) is 13.8 Å². The Bertz CT molecular complexity index is 1260. The van der Waals surface area contributed by atoms with Crippen molar-refractivity contribution in [2.75, 3.05) is 0 Å². The molecule has 4 rings (SSSR count). The molecule has 0 radical (unpaired) electrons. The smallest absolute Gasteiger partial charge is 0.258 e. The standard InChI is InChI=1S/C23H25N5O2S/c1-5-28-19(13-30-20-14(2)9-8-10-15(20)3)26-27-23(28)31-16(4)21-24-18-12-7-6-11-17(18)22(29)25-21/h6-12,16H,5,13H2,1-4H3,(H,24,25,29)/t16-/m0/s1. The number of aryl methyl sites for hydroxylation is 2. The van der Waals surface area contributed by atoms with Gasteiger partial charge in [0.2, 0.25) is 0 Å². The van der Waals surface area contributed by atoms with Gasteiger partial charge in [-0.05, 0) is 51.0 Å². The van der Waals surface area contributed by atoms with E-state index in [0.29, 0.717) is 23.3 Å². The molecule has 0 fully saturated rings. The molecule has 2 aromatic heterocycles. The second-order valence-electron chi connectivity index (χ2n) is 7.38. The summed E-state index contributed by atoms with van der Waals surface area (Å²) in [7, 11) is 0. The lowest BCUT2D eigenvalue weighted by molar-refractivity contribution is 0.284. The first-order valence-electron chi connectivity index (χ1n) is 10.2. The molecule has 0 aliphatic heterocycles. The molecule has 0 aliphatic rings. The largest absolute Gasteiger partial charge is 0.485 e. The van der Waals surface area contributed by atoms with Crippen molar-refractivity contribution in [3.05, 3.63) is 75.6 Å². The van der Waals surface area contributed by atoms with Crippen LogP contribution >= 0.6 is 11.8 Å². The van der Waals surface area contributed by atoms with Gasteiger partial charge in [-0.15, -0.1) is 10.2 Å². The first-order valence-corrected chi connectivity index (χ1v) is 11.1. The first kappa shape index (κ1) is 21.1. The van der Waals surface area contributed by atoms with Gasteiger partial charge < -0.3 is 14.3 Å². The van der Waals surface area contributed by atoms with Crippen LogP contribution in [0.2, 0.25) is 0 Å². The Morgan fingerprint density at radius 3 is 2.58 bits per heavy atom. The molecule has 31 heavy (non-hydrogen) atoms. The third-order valence-electron chi connectivity index (χ3n) is 5.16. The highest BCUT2D eigenvalue weighted by molar-refractivity contribution is 7.99. The van der Waals surface area contributed by atoms with Crippen LogP contribution in [0.5, 0.6) is 5.75 Å². The van der Waals surface area contributed by atoms with Gasteiger partial charge >= 0.3 is 0 Å². The summed E-state index contributed by atoms with van der Waals surface area (Å²) < 4.78 is 8.11. The number of rotatable bonds is 7. The van der Waals surface area contributed by atoms with Gasteiger partial charge in [0.1, 0.15) is 18.2 Å². The van der Waals surface area contributed by atoms with Crippen molar-refractivity contribution in [3.8, 4) is 5.75 Å². The van der Waals surface area contributed by atoms with Crippen LogP contribution in [-0.4, -0.2) is 24.7 Å². The normalized spacial score (nSPS) is 12.3.